The van der Waals surface area contributed by atoms with Crippen LogP contribution in [-0.4, -0.2) is 36.0 Å². The molecule has 0 aliphatic carbocycles. The van der Waals surface area contributed by atoms with E-state index in [4.69, 9.17) is 4.74 Å². The van der Waals surface area contributed by atoms with E-state index in [0.29, 0.717) is 12.4 Å². The van der Waals surface area contributed by atoms with Crippen molar-refractivity contribution >= 4 is 29.3 Å². The van der Waals surface area contributed by atoms with Crippen molar-refractivity contribution in [3.05, 3.63) is 29.8 Å². The third-order valence-corrected chi connectivity index (χ3v) is 4.12. The Morgan fingerprint density at radius 1 is 1.35 bits per heavy atom. The average Bonchev–Trinajstić information content (AvgIpc) is 2.74. The molecule has 1 heterocycles. The molecule has 0 saturated carbocycles. The molecule has 0 bridgehead atoms. The third kappa shape index (κ3) is 3.33. The van der Waals surface area contributed by atoms with Crippen molar-refractivity contribution < 1.29 is 14.3 Å². The Balaban J connectivity index is 1.91. The fourth-order valence-electron chi connectivity index (χ4n) is 2.44. The molecule has 2 rings (SSSR count). The highest BCUT2D eigenvalue weighted by Crippen LogP contribution is 2.32. The SMILES string of the molecule is CCOC(=O)CSCC(=O)N1c2ccccc2C[C@H]1C. The van der Waals surface area contributed by atoms with E-state index in [1.807, 2.05) is 30.0 Å². The largest absolute Gasteiger partial charge is 0.465 e. The number of esters is 1. The Labute approximate surface area is 123 Å². The molecule has 0 unspecified atom stereocenters. The first kappa shape index (κ1) is 14.9. The molecule has 1 atom stereocenters. The van der Waals surface area contributed by atoms with Crippen LogP contribution in [0.4, 0.5) is 5.69 Å². The molecule has 1 amide bonds. The number of rotatable bonds is 5. The Morgan fingerprint density at radius 2 is 2.10 bits per heavy atom. The molecule has 0 aromatic heterocycles. The third-order valence-electron chi connectivity index (χ3n) is 3.23. The van der Waals surface area contributed by atoms with Gasteiger partial charge in [-0.3, -0.25) is 9.59 Å². The standard InChI is InChI=1S/C15H19NO3S/c1-3-19-15(18)10-20-9-14(17)16-11(2)8-12-6-4-5-7-13(12)16/h4-7,11H,3,8-10H2,1-2H3/t11-/m1/s1. The lowest BCUT2D eigenvalue weighted by atomic mass is 10.1. The zero-order valence-electron chi connectivity index (χ0n) is 11.8. The minimum Gasteiger partial charge on any atom is -0.465 e. The summed E-state index contributed by atoms with van der Waals surface area (Å²) >= 11 is 1.31. The molecule has 108 valence electrons. The summed E-state index contributed by atoms with van der Waals surface area (Å²) in [7, 11) is 0. The smallest absolute Gasteiger partial charge is 0.315 e. The van der Waals surface area contributed by atoms with Gasteiger partial charge >= 0.3 is 5.97 Å². The number of nitrogens with zero attached hydrogens (tertiary/aromatic N) is 1. The quantitative estimate of drug-likeness (QED) is 0.781. The molecule has 0 spiro atoms. The summed E-state index contributed by atoms with van der Waals surface area (Å²) in [5.74, 6) is 0.318. The lowest BCUT2D eigenvalue weighted by Crippen LogP contribution is -2.37. The highest BCUT2D eigenvalue weighted by Gasteiger charge is 2.30. The van der Waals surface area contributed by atoms with E-state index < -0.39 is 0 Å². The van der Waals surface area contributed by atoms with Gasteiger partial charge in [-0.1, -0.05) is 18.2 Å². The monoisotopic (exact) mass is 293 g/mol. The van der Waals surface area contributed by atoms with E-state index in [1.54, 1.807) is 6.92 Å². The summed E-state index contributed by atoms with van der Waals surface area (Å²) in [4.78, 5) is 25.4. The Morgan fingerprint density at radius 3 is 2.85 bits per heavy atom. The van der Waals surface area contributed by atoms with Crippen LogP contribution in [0.5, 0.6) is 0 Å². The van der Waals surface area contributed by atoms with Gasteiger partial charge in [0.25, 0.3) is 0 Å². The summed E-state index contributed by atoms with van der Waals surface area (Å²) in [6.07, 6.45) is 0.893. The first-order valence-electron chi connectivity index (χ1n) is 6.76. The van der Waals surface area contributed by atoms with Gasteiger partial charge in [-0.2, -0.15) is 0 Å². The molecule has 4 nitrogen and oxygen atoms in total. The van der Waals surface area contributed by atoms with Gasteiger partial charge in [0.15, 0.2) is 0 Å². The Hall–Kier alpha value is -1.49. The first-order chi connectivity index (χ1) is 9.63. The number of ether oxygens (including phenoxy) is 1. The van der Waals surface area contributed by atoms with E-state index in [1.165, 1.54) is 17.3 Å². The second kappa shape index (κ2) is 6.79. The lowest BCUT2D eigenvalue weighted by molar-refractivity contribution is -0.139. The second-order valence-corrected chi connectivity index (χ2v) is 5.73. The van der Waals surface area contributed by atoms with Crippen molar-refractivity contribution in [2.24, 2.45) is 0 Å². The fraction of sp³-hybridized carbons (Fsp3) is 0.467. The maximum absolute atomic E-state index is 12.3. The van der Waals surface area contributed by atoms with Gasteiger partial charge in [-0.15, -0.1) is 11.8 Å². The van der Waals surface area contributed by atoms with Crippen LogP contribution in [0.1, 0.15) is 19.4 Å². The summed E-state index contributed by atoms with van der Waals surface area (Å²) < 4.78 is 4.84. The molecule has 0 N–H and O–H groups in total. The maximum Gasteiger partial charge on any atom is 0.315 e. The normalized spacial score (nSPS) is 16.9. The average molecular weight is 293 g/mol. The van der Waals surface area contributed by atoms with Crippen molar-refractivity contribution in [2.75, 3.05) is 23.0 Å². The Kier molecular flexibility index (Phi) is 5.06. The highest BCUT2D eigenvalue weighted by molar-refractivity contribution is 8.00. The number of carbonyl (C=O) groups is 2. The van der Waals surface area contributed by atoms with Gasteiger partial charge in [-0.25, -0.2) is 0 Å². The number of benzene rings is 1. The zero-order valence-corrected chi connectivity index (χ0v) is 12.6. The first-order valence-corrected chi connectivity index (χ1v) is 7.92. The van der Waals surface area contributed by atoms with Gasteiger partial charge in [0, 0.05) is 11.7 Å². The predicted octanol–water partition coefficient (Wildman–Crippen LogP) is 2.26. The second-order valence-electron chi connectivity index (χ2n) is 4.74. The molecule has 0 fully saturated rings. The van der Waals surface area contributed by atoms with Crippen LogP contribution >= 0.6 is 11.8 Å². The van der Waals surface area contributed by atoms with E-state index in [-0.39, 0.29) is 23.7 Å². The van der Waals surface area contributed by atoms with Crippen LogP contribution in [-0.2, 0) is 20.7 Å². The van der Waals surface area contributed by atoms with Gasteiger partial charge in [0.05, 0.1) is 18.1 Å². The van der Waals surface area contributed by atoms with Crippen LogP contribution in [0.25, 0.3) is 0 Å². The molecule has 0 saturated heterocycles. The van der Waals surface area contributed by atoms with Crippen molar-refractivity contribution in [2.45, 2.75) is 26.3 Å². The highest BCUT2D eigenvalue weighted by atomic mass is 32.2. The number of hydrogen-bond donors (Lipinski definition) is 0. The number of thioether (sulfide) groups is 1. The predicted molar refractivity (Wildman–Crippen MR) is 81.1 cm³/mol. The number of carbonyl (C=O) groups excluding carboxylic acids is 2. The maximum atomic E-state index is 12.3. The van der Waals surface area contributed by atoms with E-state index in [0.717, 1.165) is 12.1 Å². The minimum absolute atomic E-state index is 0.0525. The van der Waals surface area contributed by atoms with Crippen LogP contribution in [0.2, 0.25) is 0 Å². The molecular formula is C15H19NO3S. The topological polar surface area (TPSA) is 46.6 Å². The van der Waals surface area contributed by atoms with Crippen LogP contribution < -0.4 is 4.90 Å². The van der Waals surface area contributed by atoms with Crippen LogP contribution in [0.3, 0.4) is 0 Å². The fourth-order valence-corrected chi connectivity index (χ4v) is 3.11. The van der Waals surface area contributed by atoms with Gasteiger partial charge in [0.2, 0.25) is 5.91 Å². The van der Waals surface area contributed by atoms with Crippen LogP contribution in [0, 0.1) is 0 Å². The molecule has 1 aromatic rings. The zero-order chi connectivity index (χ0) is 14.5. The van der Waals surface area contributed by atoms with E-state index in [2.05, 4.69) is 6.07 Å². The van der Waals surface area contributed by atoms with Crippen molar-refractivity contribution in [3.8, 4) is 0 Å². The summed E-state index contributed by atoms with van der Waals surface area (Å²) in [6, 6.07) is 8.17. The van der Waals surface area contributed by atoms with Crippen LogP contribution in [0.15, 0.2) is 24.3 Å². The van der Waals surface area contributed by atoms with Gasteiger partial charge < -0.3 is 9.64 Å². The number of para-hydroxylation sites is 1. The molecule has 5 heteroatoms. The molecule has 1 aliphatic rings. The van der Waals surface area contributed by atoms with E-state index >= 15 is 0 Å². The molecular weight excluding hydrogens is 274 g/mol. The minimum atomic E-state index is -0.264. The van der Waals surface area contributed by atoms with Crippen molar-refractivity contribution in [1.82, 2.24) is 0 Å². The number of amides is 1. The number of hydrogen-bond acceptors (Lipinski definition) is 4. The summed E-state index contributed by atoms with van der Waals surface area (Å²) in [6.45, 7) is 4.20. The molecule has 20 heavy (non-hydrogen) atoms. The van der Waals surface area contributed by atoms with Gasteiger partial charge in [0.1, 0.15) is 0 Å². The summed E-state index contributed by atoms with van der Waals surface area (Å²) in [5, 5.41) is 0. The summed E-state index contributed by atoms with van der Waals surface area (Å²) in [5.41, 5.74) is 2.21. The van der Waals surface area contributed by atoms with E-state index in [9.17, 15) is 9.59 Å². The lowest BCUT2D eigenvalue weighted by Gasteiger charge is -2.22. The van der Waals surface area contributed by atoms with Crippen molar-refractivity contribution in [3.63, 3.8) is 0 Å². The van der Waals surface area contributed by atoms with Crippen molar-refractivity contribution in [1.29, 1.82) is 0 Å². The molecule has 0 radical (unpaired) electrons. The molecule has 1 aliphatic heterocycles. The number of fused-ring (bicyclic) bond motifs is 1. The number of anilines is 1. The molecule has 1 aromatic carbocycles. The van der Waals surface area contributed by atoms with Gasteiger partial charge in [-0.05, 0) is 31.9 Å². The Bertz CT molecular complexity index is 504.